The number of fused-ring (bicyclic) bond motifs is 2. The van der Waals surface area contributed by atoms with Crippen LogP contribution in [0.25, 0.3) is 0 Å². The minimum absolute atomic E-state index is 0.553. The van der Waals surface area contributed by atoms with Crippen LogP contribution in [-0.2, 0) is 25.7 Å². The monoisotopic (exact) mass is 662 g/mol. The molecule has 50 heavy (non-hydrogen) atoms. The molecule has 6 aromatic carbocycles. The fraction of sp³-hybridized carbons (Fsp3) is 0.182. The molecule has 2 aliphatic rings. The van der Waals surface area contributed by atoms with E-state index >= 15 is 0 Å². The highest BCUT2D eigenvalue weighted by molar-refractivity contribution is 5.59. The second-order valence-electron chi connectivity index (χ2n) is 12.9. The second-order valence-corrected chi connectivity index (χ2v) is 12.9. The fourth-order valence-corrected chi connectivity index (χ4v) is 6.98. The van der Waals surface area contributed by atoms with E-state index in [1.807, 2.05) is 36.4 Å². The van der Waals surface area contributed by atoms with Crippen molar-refractivity contribution in [3.8, 4) is 34.5 Å². The van der Waals surface area contributed by atoms with Gasteiger partial charge in [-0.25, -0.2) is 0 Å². The molecule has 0 spiro atoms. The standard InChI is InChI=1S/2C22H21NO2/c2*1-24-19-9-10-22(21(23)14-19)25-20-8-7-16-11-17(12-18(16)13-20)15-5-3-2-4-6-15/h2*2-10,13-14,17H,11-12,23H2,1H3. The van der Waals surface area contributed by atoms with E-state index in [9.17, 15) is 0 Å². The Kier molecular flexibility index (Phi) is 9.61. The zero-order valence-corrected chi connectivity index (χ0v) is 28.5. The predicted octanol–water partition coefficient (Wildman–Crippen LogP) is 9.90. The summed E-state index contributed by atoms with van der Waals surface area (Å²) in [6.07, 6.45) is 4.28. The number of hydrogen-bond acceptors (Lipinski definition) is 6. The lowest BCUT2D eigenvalue weighted by Crippen LogP contribution is -1.96. The smallest absolute Gasteiger partial charge is 0.150 e. The molecule has 252 valence electrons. The number of rotatable bonds is 8. The molecule has 2 aliphatic carbocycles. The number of hydrogen-bond donors (Lipinski definition) is 2. The lowest BCUT2D eigenvalue weighted by Gasteiger charge is -2.11. The van der Waals surface area contributed by atoms with E-state index in [2.05, 4.69) is 84.9 Å². The first-order valence-corrected chi connectivity index (χ1v) is 17.0. The van der Waals surface area contributed by atoms with E-state index < -0.39 is 0 Å². The van der Waals surface area contributed by atoms with Crippen LogP contribution in [0.4, 0.5) is 11.4 Å². The third-order valence-corrected chi connectivity index (χ3v) is 9.65. The Morgan fingerprint density at radius 3 is 1.18 bits per heavy atom. The van der Waals surface area contributed by atoms with Crippen LogP contribution in [-0.4, -0.2) is 14.2 Å². The Morgan fingerprint density at radius 1 is 0.420 bits per heavy atom. The van der Waals surface area contributed by atoms with Gasteiger partial charge in [-0.15, -0.1) is 0 Å². The van der Waals surface area contributed by atoms with Crippen LogP contribution in [0.1, 0.15) is 45.2 Å². The topological polar surface area (TPSA) is 89.0 Å². The molecular weight excluding hydrogens is 620 g/mol. The van der Waals surface area contributed by atoms with Gasteiger partial charge in [-0.1, -0.05) is 72.8 Å². The molecule has 4 N–H and O–H groups in total. The van der Waals surface area contributed by atoms with Crippen molar-refractivity contribution in [1.82, 2.24) is 0 Å². The van der Waals surface area contributed by atoms with Gasteiger partial charge in [0.05, 0.1) is 25.6 Å². The van der Waals surface area contributed by atoms with Gasteiger partial charge in [0.25, 0.3) is 0 Å². The molecular formula is C44H42N2O4. The van der Waals surface area contributed by atoms with Crippen molar-refractivity contribution in [1.29, 1.82) is 0 Å². The van der Waals surface area contributed by atoms with E-state index in [1.54, 1.807) is 26.4 Å². The first kappa shape index (κ1) is 32.7. The van der Waals surface area contributed by atoms with Gasteiger partial charge in [0.1, 0.15) is 23.0 Å². The Labute approximate surface area is 294 Å². The number of benzene rings is 6. The lowest BCUT2D eigenvalue weighted by molar-refractivity contribution is 0.413. The van der Waals surface area contributed by atoms with Gasteiger partial charge in [-0.3, -0.25) is 0 Å². The average Bonchev–Trinajstić information content (AvgIpc) is 3.78. The number of anilines is 2. The molecule has 2 unspecified atom stereocenters. The molecule has 6 heteroatoms. The maximum absolute atomic E-state index is 6.05. The van der Waals surface area contributed by atoms with Gasteiger partial charge in [0.15, 0.2) is 11.5 Å². The molecule has 2 atom stereocenters. The minimum atomic E-state index is 0.553. The molecule has 0 heterocycles. The van der Waals surface area contributed by atoms with Crippen LogP contribution < -0.4 is 30.4 Å². The van der Waals surface area contributed by atoms with Crippen molar-refractivity contribution in [3.63, 3.8) is 0 Å². The highest BCUT2D eigenvalue weighted by atomic mass is 16.5. The molecule has 0 saturated heterocycles. The molecule has 8 rings (SSSR count). The van der Waals surface area contributed by atoms with Gasteiger partial charge in [-0.05, 0) is 119 Å². The summed E-state index contributed by atoms with van der Waals surface area (Å²) in [5, 5.41) is 0. The van der Waals surface area contributed by atoms with Crippen molar-refractivity contribution in [2.75, 3.05) is 25.7 Å². The Balaban J connectivity index is 0.000000157. The molecule has 0 fully saturated rings. The molecule has 0 saturated carbocycles. The second kappa shape index (κ2) is 14.7. The van der Waals surface area contributed by atoms with Gasteiger partial charge in [0.2, 0.25) is 0 Å². The third-order valence-electron chi connectivity index (χ3n) is 9.65. The van der Waals surface area contributed by atoms with E-state index in [4.69, 9.17) is 30.4 Å². The van der Waals surface area contributed by atoms with Gasteiger partial charge < -0.3 is 30.4 Å². The molecule has 6 aromatic rings. The van der Waals surface area contributed by atoms with Crippen molar-refractivity contribution in [3.05, 3.63) is 167 Å². The highest BCUT2D eigenvalue weighted by Crippen LogP contribution is 2.39. The van der Waals surface area contributed by atoms with Gasteiger partial charge in [-0.2, -0.15) is 0 Å². The largest absolute Gasteiger partial charge is 0.497 e. The molecule has 0 bridgehead atoms. The lowest BCUT2D eigenvalue weighted by atomic mass is 9.96. The van der Waals surface area contributed by atoms with E-state index in [0.29, 0.717) is 34.7 Å². The summed E-state index contributed by atoms with van der Waals surface area (Å²) in [6, 6.07) is 45.0. The van der Waals surface area contributed by atoms with Crippen LogP contribution >= 0.6 is 0 Å². The van der Waals surface area contributed by atoms with Crippen LogP contribution in [0, 0.1) is 0 Å². The highest BCUT2D eigenvalue weighted by Gasteiger charge is 2.24. The SMILES string of the molecule is COc1ccc(Oc2ccc3c(c2)CC(c2ccccc2)C3)c(N)c1.COc1ccc(Oc2ccc3c(c2)CC(c2ccccc2)C3)c(N)c1. The Bertz CT molecular complexity index is 1930. The Morgan fingerprint density at radius 2 is 0.800 bits per heavy atom. The van der Waals surface area contributed by atoms with Gasteiger partial charge >= 0.3 is 0 Å². The number of ether oxygens (including phenoxy) is 4. The first-order valence-electron chi connectivity index (χ1n) is 17.0. The van der Waals surface area contributed by atoms with Crippen LogP contribution in [0.2, 0.25) is 0 Å². The molecule has 6 nitrogen and oxygen atoms in total. The fourth-order valence-electron chi connectivity index (χ4n) is 6.98. The van der Waals surface area contributed by atoms with Crippen molar-refractivity contribution in [2.45, 2.75) is 37.5 Å². The van der Waals surface area contributed by atoms with E-state index in [0.717, 1.165) is 48.7 Å². The van der Waals surface area contributed by atoms with Crippen LogP contribution in [0.5, 0.6) is 34.5 Å². The summed E-state index contributed by atoms with van der Waals surface area (Å²) in [6.45, 7) is 0. The minimum Gasteiger partial charge on any atom is -0.497 e. The summed E-state index contributed by atoms with van der Waals surface area (Å²) in [4.78, 5) is 0. The maximum Gasteiger partial charge on any atom is 0.150 e. The summed E-state index contributed by atoms with van der Waals surface area (Å²) in [5.41, 5.74) is 21.6. The number of methoxy groups -OCH3 is 2. The normalized spacial score (nSPS) is 15.6. The van der Waals surface area contributed by atoms with E-state index in [1.165, 1.54) is 33.4 Å². The maximum atomic E-state index is 6.05. The zero-order chi connectivity index (χ0) is 34.5. The zero-order valence-electron chi connectivity index (χ0n) is 28.5. The van der Waals surface area contributed by atoms with E-state index in [-0.39, 0.29) is 0 Å². The quantitative estimate of drug-likeness (QED) is 0.158. The predicted molar refractivity (Wildman–Crippen MR) is 201 cm³/mol. The van der Waals surface area contributed by atoms with Gasteiger partial charge in [0, 0.05) is 12.1 Å². The number of nitrogens with two attached hydrogens (primary N) is 2. The molecule has 0 aliphatic heterocycles. The average molecular weight is 663 g/mol. The first-order chi connectivity index (χ1) is 24.4. The summed E-state index contributed by atoms with van der Waals surface area (Å²) in [7, 11) is 3.25. The summed E-state index contributed by atoms with van der Waals surface area (Å²) in [5.74, 6) is 5.51. The van der Waals surface area contributed by atoms with Crippen molar-refractivity contribution >= 4 is 11.4 Å². The Hall–Kier alpha value is -5.88. The van der Waals surface area contributed by atoms with Crippen molar-refractivity contribution in [2.24, 2.45) is 0 Å². The summed E-state index contributed by atoms with van der Waals surface area (Å²) < 4.78 is 22.3. The van der Waals surface area contributed by atoms with Crippen molar-refractivity contribution < 1.29 is 18.9 Å². The van der Waals surface area contributed by atoms with Crippen LogP contribution in [0.15, 0.2) is 133 Å². The molecule has 0 radical (unpaired) electrons. The summed E-state index contributed by atoms with van der Waals surface area (Å²) >= 11 is 0. The third kappa shape index (κ3) is 7.40. The number of nitrogen functional groups attached to an aromatic ring is 2. The van der Waals surface area contributed by atoms with Crippen LogP contribution in [0.3, 0.4) is 0 Å². The molecule has 0 amide bonds. The molecule has 0 aromatic heterocycles.